The van der Waals surface area contributed by atoms with E-state index in [1.807, 2.05) is 0 Å². The molecule has 0 aliphatic rings. The quantitative estimate of drug-likeness (QED) is 0.265. The van der Waals surface area contributed by atoms with Gasteiger partial charge in [0.05, 0.1) is 21.2 Å². The van der Waals surface area contributed by atoms with Crippen molar-refractivity contribution in [3.63, 3.8) is 0 Å². The van der Waals surface area contributed by atoms with Crippen LogP contribution in [0.1, 0.15) is 10.4 Å². The van der Waals surface area contributed by atoms with E-state index in [0.717, 1.165) is 30.3 Å². The van der Waals surface area contributed by atoms with Gasteiger partial charge in [0.25, 0.3) is 21.6 Å². The average Bonchev–Trinajstić information content (AvgIpc) is 2.69. The van der Waals surface area contributed by atoms with Crippen LogP contribution in [0.15, 0.2) is 65.6 Å². The molecular weight excluding hydrogens is 469 g/mol. The predicted molar refractivity (Wildman–Crippen MR) is 116 cm³/mol. The maximum Gasteiger partial charge on any atom is 0.283 e. The van der Waals surface area contributed by atoms with Crippen molar-refractivity contribution in [3.05, 3.63) is 86.4 Å². The van der Waals surface area contributed by atoms with E-state index in [1.165, 1.54) is 18.2 Å². The van der Waals surface area contributed by atoms with Crippen molar-refractivity contribution in [2.75, 3.05) is 10.0 Å². The van der Waals surface area contributed by atoms with Gasteiger partial charge in [-0.1, -0.05) is 29.3 Å². The van der Waals surface area contributed by atoms with Crippen molar-refractivity contribution in [1.29, 1.82) is 0 Å². The summed E-state index contributed by atoms with van der Waals surface area (Å²) in [6.45, 7) is 0. The van der Waals surface area contributed by atoms with Crippen LogP contribution in [0, 0.1) is 10.1 Å². The number of carbonyl (C=O) groups is 1. The smallest absolute Gasteiger partial charge is 0.283 e. The van der Waals surface area contributed by atoms with E-state index in [1.54, 1.807) is 12.1 Å². The molecular formula is C19H13Cl2N3O6S. The van der Waals surface area contributed by atoms with Crippen LogP contribution >= 0.6 is 23.2 Å². The lowest BCUT2D eigenvalue weighted by Gasteiger charge is -2.12. The Labute approximate surface area is 186 Å². The van der Waals surface area contributed by atoms with E-state index in [-0.39, 0.29) is 26.9 Å². The van der Waals surface area contributed by atoms with E-state index >= 15 is 0 Å². The summed E-state index contributed by atoms with van der Waals surface area (Å²) in [5.74, 6) is -1.37. The normalized spacial score (nSPS) is 11.0. The second-order valence-electron chi connectivity index (χ2n) is 6.17. The standard InChI is InChI=1S/C19H13Cl2N3O6S/c20-11-2-1-3-13(8-11)23-31(29,30)14-5-7-18(25)16(10-14)22-19(26)15-6-4-12(21)9-17(15)24(27)28/h1-10,23,25H,(H,22,26). The molecule has 3 N–H and O–H groups in total. The van der Waals surface area contributed by atoms with Gasteiger partial charge >= 0.3 is 0 Å². The molecule has 0 aromatic heterocycles. The second-order valence-corrected chi connectivity index (χ2v) is 8.72. The van der Waals surface area contributed by atoms with Crippen LogP contribution in [0.4, 0.5) is 17.1 Å². The number of amides is 1. The number of hydrogen-bond acceptors (Lipinski definition) is 6. The molecule has 0 spiro atoms. The molecule has 3 aromatic rings. The van der Waals surface area contributed by atoms with Gasteiger partial charge in [-0.3, -0.25) is 19.6 Å². The molecule has 0 saturated heterocycles. The molecule has 12 heteroatoms. The first-order valence-corrected chi connectivity index (χ1v) is 10.7. The number of rotatable bonds is 6. The van der Waals surface area contributed by atoms with Crippen molar-refractivity contribution in [2.24, 2.45) is 0 Å². The second kappa shape index (κ2) is 8.80. The summed E-state index contributed by atoms with van der Waals surface area (Å²) in [6, 6.07) is 12.7. The van der Waals surface area contributed by atoms with Crippen molar-refractivity contribution in [2.45, 2.75) is 4.90 Å². The number of nitrogens with one attached hydrogen (secondary N) is 2. The molecule has 0 heterocycles. The third-order valence-electron chi connectivity index (χ3n) is 4.00. The topological polar surface area (TPSA) is 139 Å². The van der Waals surface area contributed by atoms with Gasteiger partial charge in [0.15, 0.2) is 0 Å². The summed E-state index contributed by atoms with van der Waals surface area (Å²) in [5, 5.41) is 23.9. The Kier molecular flexibility index (Phi) is 6.34. The Morgan fingerprint density at radius 3 is 2.39 bits per heavy atom. The summed E-state index contributed by atoms with van der Waals surface area (Å²) in [5.41, 5.74) is -0.916. The van der Waals surface area contributed by atoms with E-state index < -0.39 is 32.3 Å². The molecule has 0 fully saturated rings. The molecule has 3 aromatic carbocycles. The number of carbonyl (C=O) groups excluding carboxylic acids is 1. The molecule has 0 atom stereocenters. The molecule has 0 bridgehead atoms. The molecule has 0 aliphatic heterocycles. The van der Waals surface area contributed by atoms with Crippen LogP contribution in [0.3, 0.4) is 0 Å². The third-order valence-corrected chi connectivity index (χ3v) is 5.85. The molecule has 0 aliphatic carbocycles. The van der Waals surface area contributed by atoms with Gasteiger partial charge in [-0.05, 0) is 48.5 Å². The minimum Gasteiger partial charge on any atom is -0.506 e. The van der Waals surface area contributed by atoms with Crippen molar-refractivity contribution >= 4 is 56.2 Å². The number of benzene rings is 3. The number of nitro groups is 1. The molecule has 0 unspecified atom stereocenters. The van der Waals surface area contributed by atoms with Gasteiger partial charge in [0, 0.05) is 16.1 Å². The van der Waals surface area contributed by atoms with Gasteiger partial charge in [0.1, 0.15) is 11.3 Å². The molecule has 0 radical (unpaired) electrons. The van der Waals surface area contributed by atoms with Crippen LogP contribution in [-0.2, 0) is 10.0 Å². The zero-order valence-corrected chi connectivity index (χ0v) is 17.7. The number of phenols is 1. The Hall–Kier alpha value is -3.34. The van der Waals surface area contributed by atoms with Crippen molar-refractivity contribution in [1.82, 2.24) is 0 Å². The van der Waals surface area contributed by atoms with Crippen LogP contribution in [-0.4, -0.2) is 24.4 Å². The predicted octanol–water partition coefficient (Wildman–Crippen LogP) is 4.66. The van der Waals surface area contributed by atoms with Crippen LogP contribution in [0.5, 0.6) is 5.75 Å². The van der Waals surface area contributed by atoms with Crippen LogP contribution in [0.25, 0.3) is 0 Å². The number of phenolic OH excluding ortho intramolecular Hbond substituents is 1. The molecule has 9 nitrogen and oxygen atoms in total. The number of halogens is 2. The Balaban J connectivity index is 1.91. The fourth-order valence-electron chi connectivity index (χ4n) is 2.59. The number of sulfonamides is 1. The molecule has 160 valence electrons. The van der Waals surface area contributed by atoms with E-state index in [4.69, 9.17) is 23.2 Å². The summed E-state index contributed by atoms with van der Waals surface area (Å²) in [4.78, 5) is 22.7. The van der Waals surface area contributed by atoms with Crippen LogP contribution < -0.4 is 10.0 Å². The fourth-order valence-corrected chi connectivity index (χ4v) is 4.02. The van der Waals surface area contributed by atoms with Gasteiger partial charge in [0.2, 0.25) is 0 Å². The number of anilines is 2. The lowest BCUT2D eigenvalue weighted by atomic mass is 10.1. The van der Waals surface area contributed by atoms with Gasteiger partial charge in [-0.25, -0.2) is 8.42 Å². The molecule has 1 amide bonds. The minimum absolute atomic E-state index is 0.0614. The van der Waals surface area contributed by atoms with E-state index in [2.05, 4.69) is 10.0 Å². The van der Waals surface area contributed by atoms with Crippen LogP contribution in [0.2, 0.25) is 10.0 Å². The Morgan fingerprint density at radius 1 is 1.00 bits per heavy atom. The number of hydrogen-bond donors (Lipinski definition) is 3. The number of nitrogens with zero attached hydrogens (tertiary/aromatic N) is 1. The highest BCUT2D eigenvalue weighted by atomic mass is 35.5. The third kappa shape index (κ3) is 5.23. The summed E-state index contributed by atoms with van der Waals surface area (Å²) in [6.07, 6.45) is 0. The Morgan fingerprint density at radius 2 is 1.71 bits per heavy atom. The molecule has 3 rings (SSSR count). The first-order chi connectivity index (χ1) is 14.6. The largest absolute Gasteiger partial charge is 0.506 e. The first kappa shape index (κ1) is 22.3. The zero-order valence-electron chi connectivity index (χ0n) is 15.4. The van der Waals surface area contributed by atoms with Gasteiger partial charge in [-0.2, -0.15) is 0 Å². The average molecular weight is 482 g/mol. The molecule has 0 saturated carbocycles. The first-order valence-electron chi connectivity index (χ1n) is 8.43. The SMILES string of the molecule is O=C(Nc1cc(S(=O)(=O)Nc2cccc(Cl)c2)ccc1O)c1ccc(Cl)cc1[N+](=O)[O-]. The van der Waals surface area contributed by atoms with Crippen molar-refractivity contribution in [3.8, 4) is 5.75 Å². The minimum atomic E-state index is -4.09. The summed E-state index contributed by atoms with van der Waals surface area (Å²) < 4.78 is 27.6. The highest BCUT2D eigenvalue weighted by Crippen LogP contribution is 2.30. The fraction of sp³-hybridized carbons (Fsp3) is 0. The van der Waals surface area contributed by atoms with E-state index in [9.17, 15) is 28.4 Å². The summed E-state index contributed by atoms with van der Waals surface area (Å²) >= 11 is 11.6. The van der Waals surface area contributed by atoms with Gasteiger partial charge < -0.3 is 10.4 Å². The van der Waals surface area contributed by atoms with Crippen molar-refractivity contribution < 1.29 is 23.2 Å². The number of aromatic hydroxyl groups is 1. The summed E-state index contributed by atoms with van der Waals surface area (Å²) in [7, 11) is -4.09. The highest BCUT2D eigenvalue weighted by Gasteiger charge is 2.23. The van der Waals surface area contributed by atoms with Gasteiger partial charge in [-0.15, -0.1) is 0 Å². The number of nitro benzene ring substituents is 1. The highest BCUT2D eigenvalue weighted by molar-refractivity contribution is 7.92. The maximum atomic E-state index is 12.7. The lowest BCUT2D eigenvalue weighted by molar-refractivity contribution is -0.385. The Bertz CT molecular complexity index is 1300. The zero-order chi connectivity index (χ0) is 22.8. The molecule has 31 heavy (non-hydrogen) atoms. The van der Waals surface area contributed by atoms with E-state index in [0.29, 0.717) is 5.02 Å². The monoisotopic (exact) mass is 481 g/mol. The maximum absolute atomic E-state index is 12.7. The lowest BCUT2D eigenvalue weighted by Crippen LogP contribution is -2.16.